The highest BCUT2D eigenvalue weighted by Crippen LogP contribution is 2.32. The highest BCUT2D eigenvalue weighted by Gasteiger charge is 2.23. The molecule has 2 aliphatic carbocycles. The normalized spacial score (nSPS) is 16.5. The highest BCUT2D eigenvalue weighted by atomic mass is 16.6. The topological polar surface area (TPSA) is 82.8 Å². The zero-order valence-electron chi connectivity index (χ0n) is 16.9. The Morgan fingerprint density at radius 1 is 1.13 bits per heavy atom. The fraction of sp³-hybridized carbons (Fsp3) is 0.375. The number of ether oxygens (including phenoxy) is 3. The van der Waals surface area contributed by atoms with Crippen molar-refractivity contribution in [2.75, 3.05) is 39.5 Å². The van der Waals surface area contributed by atoms with E-state index in [-0.39, 0.29) is 0 Å². The minimum Gasteiger partial charge on any atom is -0.441 e. The standard InChI is InChI=1S/C24H26N2O4/c25-12-14-28-16-17-29-15-13-26-24(27)30-23-18-21-8-3-1-2-6-19(21)10-11-20-7-4-5-9-22(20)23/h2,4-7,9,23H,8,12-18,25H2,(H,26,27). The summed E-state index contributed by atoms with van der Waals surface area (Å²) >= 11 is 0. The number of carbonyl (C=O) groups is 1. The minimum atomic E-state index is -0.483. The summed E-state index contributed by atoms with van der Waals surface area (Å²) in [5, 5.41) is 2.74. The number of hydrogen-bond donors (Lipinski definition) is 2. The molecule has 0 bridgehead atoms. The van der Waals surface area contributed by atoms with Crippen molar-refractivity contribution in [2.24, 2.45) is 5.73 Å². The van der Waals surface area contributed by atoms with Crippen LogP contribution >= 0.6 is 0 Å². The summed E-state index contributed by atoms with van der Waals surface area (Å²) in [7, 11) is 0. The molecule has 0 saturated heterocycles. The van der Waals surface area contributed by atoms with E-state index in [9.17, 15) is 4.79 Å². The monoisotopic (exact) mass is 406 g/mol. The minimum absolute atomic E-state index is 0.353. The van der Waals surface area contributed by atoms with Crippen LogP contribution in [-0.2, 0) is 14.2 Å². The molecule has 0 saturated carbocycles. The summed E-state index contributed by atoms with van der Waals surface area (Å²) in [5.41, 5.74) is 9.12. The second-order valence-electron chi connectivity index (χ2n) is 6.72. The van der Waals surface area contributed by atoms with Gasteiger partial charge in [0.05, 0.1) is 26.4 Å². The lowest BCUT2D eigenvalue weighted by atomic mass is 9.91. The second kappa shape index (κ2) is 11.8. The van der Waals surface area contributed by atoms with Gasteiger partial charge in [-0.2, -0.15) is 0 Å². The Labute approximate surface area is 177 Å². The van der Waals surface area contributed by atoms with Crippen LogP contribution in [0.2, 0.25) is 0 Å². The summed E-state index contributed by atoms with van der Waals surface area (Å²) in [5.74, 6) is 12.5. The molecule has 156 valence electrons. The van der Waals surface area contributed by atoms with Crippen molar-refractivity contribution in [1.29, 1.82) is 0 Å². The molecule has 0 spiro atoms. The van der Waals surface area contributed by atoms with Crippen LogP contribution in [-0.4, -0.2) is 45.6 Å². The molecule has 6 heteroatoms. The van der Waals surface area contributed by atoms with Gasteiger partial charge in [-0.15, -0.1) is 0 Å². The number of carbonyl (C=O) groups excluding carboxylic acids is 1. The predicted octanol–water partition coefficient (Wildman–Crippen LogP) is 2.46. The van der Waals surface area contributed by atoms with Crippen LogP contribution in [0.4, 0.5) is 4.79 Å². The van der Waals surface area contributed by atoms with Crippen LogP contribution in [0, 0.1) is 23.7 Å². The molecular formula is C24H26N2O4. The average molecular weight is 406 g/mol. The molecule has 0 heterocycles. The van der Waals surface area contributed by atoms with Crippen molar-refractivity contribution < 1.29 is 19.0 Å². The van der Waals surface area contributed by atoms with Crippen molar-refractivity contribution in [3.05, 3.63) is 58.7 Å². The van der Waals surface area contributed by atoms with Gasteiger partial charge in [-0.05, 0) is 23.8 Å². The molecule has 1 aromatic carbocycles. The first kappa shape index (κ1) is 21.7. The summed E-state index contributed by atoms with van der Waals surface area (Å²) in [6, 6.07) is 7.76. The molecule has 6 nitrogen and oxygen atoms in total. The number of rotatable bonds is 9. The molecule has 3 N–H and O–H groups in total. The predicted molar refractivity (Wildman–Crippen MR) is 114 cm³/mol. The number of alkyl carbamates (subject to hydrolysis) is 1. The number of benzene rings is 1. The third-order valence-electron chi connectivity index (χ3n) is 4.59. The maximum absolute atomic E-state index is 12.4. The van der Waals surface area contributed by atoms with Crippen molar-refractivity contribution in [3.63, 3.8) is 0 Å². The Bertz CT molecular complexity index is 928. The maximum atomic E-state index is 12.4. The molecule has 30 heavy (non-hydrogen) atoms. The molecule has 0 radical (unpaired) electrons. The zero-order chi connectivity index (χ0) is 21.0. The summed E-state index contributed by atoms with van der Waals surface area (Å²) in [4.78, 5) is 12.4. The van der Waals surface area contributed by atoms with Crippen molar-refractivity contribution in [1.82, 2.24) is 5.32 Å². The first-order chi connectivity index (χ1) is 14.8. The van der Waals surface area contributed by atoms with Gasteiger partial charge >= 0.3 is 6.09 Å². The van der Waals surface area contributed by atoms with Gasteiger partial charge in [-0.1, -0.05) is 41.9 Å². The number of fused-ring (bicyclic) bond motifs is 1. The lowest BCUT2D eigenvalue weighted by Crippen LogP contribution is -2.30. The summed E-state index contributed by atoms with van der Waals surface area (Å²) < 4.78 is 16.4. The van der Waals surface area contributed by atoms with Gasteiger partial charge in [0.15, 0.2) is 0 Å². The zero-order valence-corrected chi connectivity index (χ0v) is 16.9. The molecule has 1 amide bonds. The van der Waals surface area contributed by atoms with E-state index in [0.717, 1.165) is 22.3 Å². The highest BCUT2D eigenvalue weighted by molar-refractivity contribution is 5.68. The van der Waals surface area contributed by atoms with E-state index in [1.165, 1.54) is 0 Å². The Hall–Kier alpha value is -3.03. The van der Waals surface area contributed by atoms with E-state index in [4.69, 9.17) is 19.9 Å². The Morgan fingerprint density at radius 2 is 1.97 bits per heavy atom. The third-order valence-corrected chi connectivity index (χ3v) is 4.59. The van der Waals surface area contributed by atoms with Crippen LogP contribution in [0.5, 0.6) is 0 Å². The van der Waals surface area contributed by atoms with Crippen LogP contribution < -0.4 is 11.1 Å². The fourth-order valence-corrected chi connectivity index (χ4v) is 3.13. The number of amides is 1. The summed E-state index contributed by atoms with van der Waals surface area (Å²) in [6.45, 7) is 2.67. The molecule has 3 rings (SSSR count). The molecule has 1 atom stereocenters. The van der Waals surface area contributed by atoms with Crippen LogP contribution in [0.1, 0.15) is 30.1 Å². The van der Waals surface area contributed by atoms with Crippen LogP contribution in [0.15, 0.2) is 47.6 Å². The van der Waals surface area contributed by atoms with Gasteiger partial charge in [0.25, 0.3) is 0 Å². The van der Waals surface area contributed by atoms with Gasteiger partial charge in [0.2, 0.25) is 0 Å². The van der Waals surface area contributed by atoms with Gasteiger partial charge in [-0.3, -0.25) is 0 Å². The van der Waals surface area contributed by atoms with E-state index >= 15 is 0 Å². The lowest BCUT2D eigenvalue weighted by Gasteiger charge is -2.22. The van der Waals surface area contributed by atoms with Gasteiger partial charge < -0.3 is 25.3 Å². The van der Waals surface area contributed by atoms with Crippen molar-refractivity contribution in [3.8, 4) is 23.7 Å². The molecule has 1 unspecified atom stereocenters. The number of hydrogen-bond acceptors (Lipinski definition) is 5. The smallest absolute Gasteiger partial charge is 0.407 e. The third kappa shape index (κ3) is 6.50. The first-order valence-corrected chi connectivity index (χ1v) is 10.1. The quantitative estimate of drug-likeness (QED) is 0.486. The molecule has 0 fully saturated rings. The lowest BCUT2D eigenvalue weighted by molar-refractivity contribution is 0.0497. The summed E-state index contributed by atoms with van der Waals surface area (Å²) in [6.07, 6.45) is 4.00. The SMILES string of the molecule is NCCOCCOCCNC(=O)OC1CC2=C(C#Cc3ccccc31)C=CC#CC2. The molecule has 0 aliphatic heterocycles. The molecular weight excluding hydrogens is 380 g/mol. The average Bonchev–Trinajstić information content (AvgIpc) is 2.97. The van der Waals surface area contributed by atoms with Crippen LogP contribution in [0.3, 0.4) is 0 Å². The van der Waals surface area contributed by atoms with E-state index in [1.54, 1.807) is 0 Å². The molecule has 0 aromatic heterocycles. The largest absolute Gasteiger partial charge is 0.441 e. The van der Waals surface area contributed by atoms with E-state index < -0.39 is 12.2 Å². The Balaban J connectivity index is 1.58. The molecule has 1 aromatic rings. The van der Waals surface area contributed by atoms with E-state index in [0.29, 0.717) is 52.4 Å². The second-order valence-corrected chi connectivity index (χ2v) is 6.72. The fourth-order valence-electron chi connectivity index (χ4n) is 3.13. The van der Waals surface area contributed by atoms with Gasteiger partial charge in [0.1, 0.15) is 6.10 Å². The van der Waals surface area contributed by atoms with Crippen LogP contribution in [0.25, 0.3) is 0 Å². The first-order valence-electron chi connectivity index (χ1n) is 10.1. The Morgan fingerprint density at radius 3 is 2.83 bits per heavy atom. The number of nitrogens with one attached hydrogen (secondary N) is 1. The maximum Gasteiger partial charge on any atom is 0.407 e. The van der Waals surface area contributed by atoms with E-state index in [2.05, 4.69) is 29.0 Å². The van der Waals surface area contributed by atoms with Crippen molar-refractivity contribution >= 4 is 6.09 Å². The number of nitrogens with two attached hydrogens (primary N) is 1. The van der Waals surface area contributed by atoms with E-state index in [1.807, 2.05) is 36.4 Å². The van der Waals surface area contributed by atoms with Gasteiger partial charge in [0, 0.05) is 42.6 Å². The Kier molecular flexibility index (Phi) is 8.56. The molecule has 2 aliphatic rings. The van der Waals surface area contributed by atoms with Gasteiger partial charge in [-0.25, -0.2) is 4.79 Å². The number of allylic oxidation sites excluding steroid dienone is 3. The van der Waals surface area contributed by atoms with Crippen molar-refractivity contribution in [2.45, 2.75) is 18.9 Å².